The highest BCUT2D eigenvalue weighted by atomic mass is 16.5. The van der Waals surface area contributed by atoms with Crippen LogP contribution < -0.4 is 0 Å². The predicted octanol–water partition coefficient (Wildman–Crippen LogP) is 0.589. The van der Waals surface area contributed by atoms with Crippen molar-refractivity contribution in [3.8, 4) is 0 Å². The van der Waals surface area contributed by atoms with Crippen LogP contribution in [0.4, 0.5) is 0 Å². The van der Waals surface area contributed by atoms with Crippen LogP contribution in [0.5, 0.6) is 0 Å². The Kier molecular flexibility index (Phi) is 3.88. The first kappa shape index (κ1) is 11.0. The van der Waals surface area contributed by atoms with Gasteiger partial charge in [0.2, 0.25) is 0 Å². The van der Waals surface area contributed by atoms with Crippen LogP contribution in [0.2, 0.25) is 0 Å². The molecule has 1 fully saturated rings. The monoisotopic (exact) mass is 202 g/mol. The van der Waals surface area contributed by atoms with E-state index < -0.39 is 17.9 Å². The Labute approximate surface area is 81.7 Å². The Hall–Kier alpha value is -1.10. The molecule has 5 nitrogen and oxygen atoms in total. The van der Waals surface area contributed by atoms with Crippen LogP contribution in [0.1, 0.15) is 19.3 Å². The first-order chi connectivity index (χ1) is 6.61. The van der Waals surface area contributed by atoms with Crippen molar-refractivity contribution in [2.75, 3.05) is 13.2 Å². The maximum atomic E-state index is 10.9. The van der Waals surface area contributed by atoms with E-state index in [1.807, 2.05) is 0 Å². The Morgan fingerprint density at radius 2 is 1.86 bits per heavy atom. The maximum absolute atomic E-state index is 10.9. The van der Waals surface area contributed by atoms with Gasteiger partial charge in [0.15, 0.2) is 0 Å². The van der Waals surface area contributed by atoms with Gasteiger partial charge in [0.25, 0.3) is 0 Å². The molecule has 1 heterocycles. The summed E-state index contributed by atoms with van der Waals surface area (Å²) in [6.45, 7) is 0.870. The van der Waals surface area contributed by atoms with Crippen molar-refractivity contribution in [2.45, 2.75) is 19.3 Å². The average Bonchev–Trinajstić information content (AvgIpc) is 2.28. The van der Waals surface area contributed by atoms with E-state index in [1.54, 1.807) is 0 Å². The molecule has 0 aromatic rings. The van der Waals surface area contributed by atoms with Crippen molar-refractivity contribution in [3.05, 3.63) is 0 Å². The summed E-state index contributed by atoms with van der Waals surface area (Å²) in [6, 6.07) is 0. The van der Waals surface area contributed by atoms with Gasteiger partial charge in [0.1, 0.15) is 0 Å². The second-order valence-corrected chi connectivity index (χ2v) is 3.49. The number of ether oxygens (including phenoxy) is 1. The number of hydrogen-bond acceptors (Lipinski definition) is 3. The second-order valence-electron chi connectivity index (χ2n) is 3.49. The summed E-state index contributed by atoms with van der Waals surface area (Å²) in [4.78, 5) is 21.4. The van der Waals surface area contributed by atoms with Crippen molar-refractivity contribution < 1.29 is 24.5 Å². The minimum Gasteiger partial charge on any atom is -0.481 e. The molecule has 1 aliphatic rings. The molecular weight excluding hydrogens is 188 g/mol. The lowest BCUT2D eigenvalue weighted by molar-refractivity contribution is -0.145. The van der Waals surface area contributed by atoms with Gasteiger partial charge >= 0.3 is 11.9 Å². The molecule has 14 heavy (non-hydrogen) atoms. The molecule has 1 aliphatic heterocycles. The maximum Gasteiger partial charge on any atom is 0.306 e. The van der Waals surface area contributed by atoms with Crippen LogP contribution in [-0.4, -0.2) is 35.4 Å². The molecule has 0 amide bonds. The Bertz CT molecular complexity index is 225. The summed E-state index contributed by atoms with van der Waals surface area (Å²) in [5.41, 5.74) is 0. The number of carbonyl (C=O) groups is 2. The number of aliphatic carboxylic acids is 2. The molecule has 0 saturated carbocycles. The molecule has 1 saturated heterocycles. The highest BCUT2D eigenvalue weighted by Gasteiger charge is 2.31. The van der Waals surface area contributed by atoms with E-state index in [-0.39, 0.29) is 12.3 Å². The summed E-state index contributed by atoms with van der Waals surface area (Å²) in [5, 5.41) is 17.5. The van der Waals surface area contributed by atoms with Crippen LogP contribution in [0, 0.1) is 11.8 Å². The smallest absolute Gasteiger partial charge is 0.306 e. The zero-order chi connectivity index (χ0) is 10.6. The van der Waals surface area contributed by atoms with Gasteiger partial charge in [0.05, 0.1) is 5.92 Å². The summed E-state index contributed by atoms with van der Waals surface area (Å²) in [7, 11) is 0. The quantitative estimate of drug-likeness (QED) is 0.699. The van der Waals surface area contributed by atoms with E-state index in [1.165, 1.54) is 0 Å². The van der Waals surface area contributed by atoms with Gasteiger partial charge in [-0.15, -0.1) is 0 Å². The Balaban J connectivity index is 2.63. The number of hydrogen-bond donors (Lipinski definition) is 2. The summed E-state index contributed by atoms with van der Waals surface area (Å²) in [5.74, 6) is -2.73. The molecule has 0 radical (unpaired) electrons. The molecule has 2 atom stereocenters. The van der Waals surface area contributed by atoms with E-state index in [2.05, 4.69) is 0 Å². The molecular formula is C9H14O5. The van der Waals surface area contributed by atoms with E-state index in [0.29, 0.717) is 26.1 Å². The zero-order valence-corrected chi connectivity index (χ0v) is 7.81. The van der Waals surface area contributed by atoms with Crippen LogP contribution >= 0.6 is 0 Å². The Morgan fingerprint density at radius 3 is 2.43 bits per heavy atom. The molecule has 0 bridgehead atoms. The fourth-order valence-electron chi connectivity index (χ4n) is 1.78. The third-order valence-electron chi connectivity index (χ3n) is 2.53. The minimum atomic E-state index is -0.942. The van der Waals surface area contributed by atoms with E-state index in [0.717, 1.165) is 0 Å². The molecule has 0 unspecified atom stereocenters. The van der Waals surface area contributed by atoms with Crippen LogP contribution in [0.25, 0.3) is 0 Å². The lowest BCUT2D eigenvalue weighted by Crippen LogP contribution is -2.25. The average molecular weight is 202 g/mol. The predicted molar refractivity (Wildman–Crippen MR) is 46.9 cm³/mol. The fourth-order valence-corrected chi connectivity index (χ4v) is 1.78. The van der Waals surface area contributed by atoms with Crippen molar-refractivity contribution in [1.29, 1.82) is 0 Å². The highest BCUT2D eigenvalue weighted by molar-refractivity contribution is 5.73. The van der Waals surface area contributed by atoms with Gasteiger partial charge < -0.3 is 14.9 Å². The van der Waals surface area contributed by atoms with Gasteiger partial charge in [-0.3, -0.25) is 9.59 Å². The molecule has 0 aromatic heterocycles. The Morgan fingerprint density at radius 1 is 1.21 bits per heavy atom. The molecule has 0 aromatic carbocycles. The van der Waals surface area contributed by atoms with Gasteiger partial charge in [0, 0.05) is 19.6 Å². The van der Waals surface area contributed by atoms with Crippen LogP contribution in [-0.2, 0) is 14.3 Å². The third-order valence-corrected chi connectivity index (χ3v) is 2.53. The van der Waals surface area contributed by atoms with Gasteiger partial charge in [-0.05, 0) is 18.8 Å². The van der Waals surface area contributed by atoms with E-state index in [4.69, 9.17) is 14.9 Å². The number of carboxylic acids is 2. The van der Waals surface area contributed by atoms with Crippen LogP contribution in [0.3, 0.4) is 0 Å². The first-order valence-corrected chi connectivity index (χ1v) is 4.63. The third kappa shape index (κ3) is 2.99. The van der Waals surface area contributed by atoms with Crippen molar-refractivity contribution in [3.63, 3.8) is 0 Å². The first-order valence-electron chi connectivity index (χ1n) is 4.63. The molecule has 1 rings (SSSR count). The summed E-state index contributed by atoms with van der Waals surface area (Å²) in [6.07, 6.45) is 0.844. The molecule has 5 heteroatoms. The van der Waals surface area contributed by atoms with Gasteiger partial charge in [-0.1, -0.05) is 0 Å². The standard InChI is InChI=1S/C9H14O5/c10-8(11)5-6-1-3-14-4-2-7(6)9(12)13/h6-7H,1-5H2,(H,10,11)(H,12,13)/t6-,7+/m0/s1. The molecule has 2 N–H and O–H groups in total. The topological polar surface area (TPSA) is 83.8 Å². The summed E-state index contributed by atoms with van der Waals surface area (Å²) >= 11 is 0. The largest absolute Gasteiger partial charge is 0.481 e. The highest BCUT2D eigenvalue weighted by Crippen LogP contribution is 2.26. The van der Waals surface area contributed by atoms with E-state index in [9.17, 15) is 9.59 Å². The second kappa shape index (κ2) is 4.95. The summed E-state index contributed by atoms with van der Waals surface area (Å²) < 4.78 is 5.13. The van der Waals surface area contributed by atoms with Crippen molar-refractivity contribution in [1.82, 2.24) is 0 Å². The molecule has 0 aliphatic carbocycles. The zero-order valence-electron chi connectivity index (χ0n) is 7.81. The van der Waals surface area contributed by atoms with Gasteiger partial charge in [-0.25, -0.2) is 0 Å². The van der Waals surface area contributed by atoms with Crippen molar-refractivity contribution >= 4 is 11.9 Å². The fraction of sp³-hybridized carbons (Fsp3) is 0.778. The lowest BCUT2D eigenvalue weighted by Gasteiger charge is -2.18. The van der Waals surface area contributed by atoms with E-state index >= 15 is 0 Å². The number of carboxylic acid groups (broad SMARTS) is 2. The lowest BCUT2D eigenvalue weighted by atomic mass is 9.85. The number of rotatable bonds is 3. The van der Waals surface area contributed by atoms with Crippen LogP contribution in [0.15, 0.2) is 0 Å². The molecule has 80 valence electrons. The normalized spacial score (nSPS) is 28.0. The van der Waals surface area contributed by atoms with Gasteiger partial charge in [-0.2, -0.15) is 0 Å². The van der Waals surface area contributed by atoms with Crippen molar-refractivity contribution in [2.24, 2.45) is 11.8 Å². The SMILES string of the molecule is O=C(O)C[C@@H]1CCOCC[C@H]1C(=O)O. The molecule has 0 spiro atoms. The minimum absolute atomic E-state index is 0.0830.